The molecule has 0 saturated heterocycles. The van der Waals surface area contributed by atoms with Gasteiger partial charge in [-0.1, -0.05) is 53.9 Å². The molecule has 2 fully saturated rings. The largest absolute Gasteiger partial charge is 0.0683 e. The van der Waals surface area contributed by atoms with Gasteiger partial charge in [-0.15, -0.1) is 0 Å². The monoisotopic (exact) mass is 198 g/mol. The van der Waals surface area contributed by atoms with Crippen molar-refractivity contribution in [2.45, 2.75) is 73.1 Å². The Morgan fingerprint density at radius 1 is 0.929 bits per heavy atom. The molecule has 0 aliphatic heterocycles. The van der Waals surface area contributed by atoms with Crippen LogP contribution >= 0.6 is 0 Å². The lowest BCUT2D eigenvalue weighted by Crippen LogP contribution is -2.09. The first-order valence-corrected chi connectivity index (χ1v) is 6.90. The minimum Gasteiger partial charge on any atom is -0.0683 e. The first-order chi connectivity index (χ1) is 6.90. The molecule has 3 atom stereocenters. The van der Waals surface area contributed by atoms with Crippen LogP contribution in [0.5, 0.6) is 0 Å². The lowest BCUT2D eigenvalue weighted by Gasteiger charge is -2.20. The molecule has 3 unspecified atom stereocenters. The van der Waals surface area contributed by atoms with Crippen molar-refractivity contribution < 1.29 is 0 Å². The quantitative estimate of drug-likeness (QED) is 0.566. The van der Waals surface area contributed by atoms with Crippen LogP contribution < -0.4 is 0 Å². The Hall–Kier alpha value is 0. The van der Waals surface area contributed by atoms with Gasteiger partial charge in [0, 0.05) is 0 Å². The minimum absolute atomic E-state index is 1.14. The third kappa shape index (κ3) is 3.63. The van der Waals surface area contributed by atoms with Crippen LogP contribution in [0, 0.1) is 17.8 Å². The summed E-state index contributed by atoms with van der Waals surface area (Å²) in [7, 11) is 0. The Morgan fingerprint density at radius 2 is 1.57 bits per heavy atom. The molecule has 0 N–H and O–H groups in total. The van der Waals surface area contributed by atoms with E-state index in [1.54, 1.807) is 25.7 Å². The molecular weight excluding hydrogens is 168 g/mol. The normalized spacial score (nSPS) is 32.8. The molecule has 0 amide bonds. The fourth-order valence-electron chi connectivity index (χ4n) is 3.10. The molecule has 0 aromatic heterocycles. The molecule has 0 aromatic carbocycles. The van der Waals surface area contributed by atoms with Gasteiger partial charge in [0.15, 0.2) is 0 Å². The maximum Gasteiger partial charge on any atom is -0.0383 e. The van der Waals surface area contributed by atoms with Crippen LogP contribution in [-0.4, -0.2) is 0 Å². The summed E-state index contributed by atoms with van der Waals surface area (Å²) < 4.78 is 0. The fraction of sp³-hybridized carbons (Fsp3) is 1.00. The maximum atomic E-state index is 2.33. The fourth-order valence-corrected chi connectivity index (χ4v) is 3.10. The highest BCUT2D eigenvalue weighted by Crippen LogP contribution is 2.49. The molecule has 0 nitrogen and oxygen atoms in total. The third-order valence-corrected chi connectivity index (χ3v) is 3.54. The van der Waals surface area contributed by atoms with Gasteiger partial charge in [-0.05, 0) is 37.0 Å². The van der Waals surface area contributed by atoms with Crippen LogP contribution in [-0.2, 0) is 0 Å². The summed E-state index contributed by atoms with van der Waals surface area (Å²) in [4.78, 5) is 0. The standard InChI is InChI=1S/C10H18.2C2H6/c1-2-3-9-6-8-4-5-10(9)7-8;2*1-2/h8-10H,2-7H2,1H3;2*1-2H3. The molecule has 2 aliphatic carbocycles. The molecule has 2 rings (SSSR count). The van der Waals surface area contributed by atoms with Crippen molar-refractivity contribution in [3.8, 4) is 0 Å². The maximum absolute atomic E-state index is 2.33. The van der Waals surface area contributed by atoms with Crippen molar-refractivity contribution in [1.29, 1.82) is 0 Å². The van der Waals surface area contributed by atoms with Crippen molar-refractivity contribution in [2.75, 3.05) is 0 Å². The SMILES string of the molecule is CC.CC.CCCC1CC2CCC1C2. The van der Waals surface area contributed by atoms with Crippen LogP contribution in [0.2, 0.25) is 0 Å². The molecule has 2 saturated carbocycles. The van der Waals surface area contributed by atoms with E-state index in [4.69, 9.17) is 0 Å². The van der Waals surface area contributed by atoms with Gasteiger partial charge in [0.2, 0.25) is 0 Å². The minimum atomic E-state index is 1.14. The third-order valence-electron chi connectivity index (χ3n) is 3.54. The summed E-state index contributed by atoms with van der Waals surface area (Å²) in [5.41, 5.74) is 0. The van der Waals surface area contributed by atoms with Crippen LogP contribution in [0.4, 0.5) is 0 Å². The van der Waals surface area contributed by atoms with Gasteiger partial charge in [-0.25, -0.2) is 0 Å². The molecular formula is C14H30. The molecule has 0 radical (unpaired) electrons. The Balaban J connectivity index is 0.000000379. The van der Waals surface area contributed by atoms with E-state index in [1.807, 2.05) is 27.7 Å². The van der Waals surface area contributed by atoms with Crippen molar-refractivity contribution >= 4 is 0 Å². The lowest BCUT2D eigenvalue weighted by atomic mass is 9.86. The van der Waals surface area contributed by atoms with E-state index >= 15 is 0 Å². The van der Waals surface area contributed by atoms with E-state index in [2.05, 4.69) is 6.92 Å². The summed E-state index contributed by atoms with van der Waals surface area (Å²) in [5.74, 6) is 3.45. The first kappa shape index (κ1) is 14.0. The van der Waals surface area contributed by atoms with Crippen molar-refractivity contribution in [2.24, 2.45) is 17.8 Å². The molecule has 0 heterocycles. The van der Waals surface area contributed by atoms with Crippen LogP contribution in [0.3, 0.4) is 0 Å². The van der Waals surface area contributed by atoms with E-state index in [9.17, 15) is 0 Å². The van der Waals surface area contributed by atoms with Gasteiger partial charge in [0.05, 0.1) is 0 Å². The number of hydrogen-bond donors (Lipinski definition) is 0. The van der Waals surface area contributed by atoms with Crippen molar-refractivity contribution in [1.82, 2.24) is 0 Å². The van der Waals surface area contributed by atoms with Crippen LogP contribution in [0.25, 0.3) is 0 Å². The van der Waals surface area contributed by atoms with Crippen LogP contribution in [0.15, 0.2) is 0 Å². The zero-order valence-electron chi connectivity index (χ0n) is 11.0. The van der Waals surface area contributed by atoms with Gasteiger partial charge in [-0.3, -0.25) is 0 Å². The molecule has 0 heteroatoms. The topological polar surface area (TPSA) is 0 Å². The summed E-state index contributed by atoms with van der Waals surface area (Å²) in [6.07, 6.45) is 9.22. The van der Waals surface area contributed by atoms with Gasteiger partial charge in [0.1, 0.15) is 0 Å². The highest BCUT2D eigenvalue weighted by molar-refractivity contribution is 4.89. The molecule has 14 heavy (non-hydrogen) atoms. The summed E-state index contributed by atoms with van der Waals surface area (Å²) >= 11 is 0. The zero-order valence-corrected chi connectivity index (χ0v) is 11.0. The highest BCUT2D eigenvalue weighted by Gasteiger charge is 2.38. The molecule has 2 bridgehead atoms. The summed E-state index contributed by atoms with van der Waals surface area (Å²) in [6, 6.07) is 0. The van der Waals surface area contributed by atoms with Gasteiger partial charge < -0.3 is 0 Å². The predicted molar refractivity (Wildman–Crippen MR) is 66.5 cm³/mol. The first-order valence-electron chi connectivity index (χ1n) is 6.90. The Labute approximate surface area is 91.5 Å². The second-order valence-corrected chi connectivity index (χ2v) is 4.22. The average molecular weight is 198 g/mol. The van der Waals surface area contributed by atoms with Crippen molar-refractivity contribution in [3.63, 3.8) is 0 Å². The van der Waals surface area contributed by atoms with Crippen molar-refractivity contribution in [3.05, 3.63) is 0 Å². The molecule has 0 aromatic rings. The number of fused-ring (bicyclic) bond motifs is 2. The second kappa shape index (κ2) is 8.32. The molecule has 0 spiro atoms. The molecule has 86 valence electrons. The van der Waals surface area contributed by atoms with E-state index in [-0.39, 0.29) is 0 Å². The Morgan fingerprint density at radius 3 is 1.93 bits per heavy atom. The lowest BCUT2D eigenvalue weighted by molar-refractivity contribution is 0.312. The predicted octanol–water partition coefficient (Wildman–Crippen LogP) is 5.28. The Kier molecular flexibility index (Phi) is 8.32. The van der Waals surface area contributed by atoms with E-state index in [0.29, 0.717) is 0 Å². The number of rotatable bonds is 2. The average Bonchev–Trinajstić information content (AvgIpc) is 2.86. The Bertz CT molecular complexity index is 117. The van der Waals surface area contributed by atoms with E-state index in [1.165, 1.54) is 12.8 Å². The smallest absolute Gasteiger partial charge is 0.0383 e. The van der Waals surface area contributed by atoms with Crippen LogP contribution in [0.1, 0.15) is 73.1 Å². The van der Waals surface area contributed by atoms with E-state index < -0.39 is 0 Å². The zero-order chi connectivity index (χ0) is 11.0. The van der Waals surface area contributed by atoms with E-state index in [0.717, 1.165) is 17.8 Å². The molecule has 2 aliphatic rings. The highest BCUT2D eigenvalue weighted by atomic mass is 14.4. The summed E-state index contributed by atoms with van der Waals surface area (Å²) in [6.45, 7) is 10.3. The van der Waals surface area contributed by atoms with Gasteiger partial charge >= 0.3 is 0 Å². The van der Waals surface area contributed by atoms with Gasteiger partial charge in [0.25, 0.3) is 0 Å². The summed E-state index contributed by atoms with van der Waals surface area (Å²) in [5, 5.41) is 0. The van der Waals surface area contributed by atoms with Gasteiger partial charge in [-0.2, -0.15) is 0 Å². The second-order valence-electron chi connectivity index (χ2n) is 4.22. The number of hydrogen-bond acceptors (Lipinski definition) is 0.